The van der Waals surface area contributed by atoms with Crippen LogP contribution in [0.3, 0.4) is 0 Å². The molecule has 0 heterocycles. The molecule has 0 aliphatic carbocycles. The normalized spacial score (nSPS) is 10.9. The van der Waals surface area contributed by atoms with Crippen molar-refractivity contribution in [3.63, 3.8) is 0 Å². The molecule has 0 aromatic heterocycles. The molecule has 5 heteroatoms. The molecule has 2 aromatic rings. The van der Waals surface area contributed by atoms with E-state index in [0.29, 0.717) is 18.7 Å². The van der Waals surface area contributed by atoms with Crippen molar-refractivity contribution < 1.29 is 14.3 Å². The SMILES string of the molecule is COc1ccccc1CCNC(=O)C(=O)Nc1ccccc1C(C)(C)C. The molecule has 0 saturated carbocycles. The van der Waals surface area contributed by atoms with Gasteiger partial charge in [0.1, 0.15) is 5.75 Å². The molecule has 2 aromatic carbocycles. The zero-order valence-electron chi connectivity index (χ0n) is 15.8. The van der Waals surface area contributed by atoms with Crippen LogP contribution in [0, 0.1) is 0 Å². The third-order valence-corrected chi connectivity index (χ3v) is 4.06. The fraction of sp³-hybridized carbons (Fsp3) is 0.333. The quantitative estimate of drug-likeness (QED) is 0.810. The van der Waals surface area contributed by atoms with E-state index < -0.39 is 11.8 Å². The first-order valence-corrected chi connectivity index (χ1v) is 8.63. The number of amides is 2. The zero-order valence-corrected chi connectivity index (χ0v) is 15.8. The minimum atomic E-state index is -0.665. The van der Waals surface area contributed by atoms with E-state index in [1.165, 1.54) is 0 Å². The van der Waals surface area contributed by atoms with Gasteiger partial charge in [0.05, 0.1) is 7.11 Å². The van der Waals surface area contributed by atoms with E-state index in [2.05, 4.69) is 31.4 Å². The average Bonchev–Trinajstić information content (AvgIpc) is 2.61. The Morgan fingerprint density at radius 1 is 0.962 bits per heavy atom. The Hall–Kier alpha value is -2.82. The summed E-state index contributed by atoms with van der Waals surface area (Å²) in [5.74, 6) is -0.546. The predicted molar refractivity (Wildman–Crippen MR) is 103 cm³/mol. The Labute approximate surface area is 154 Å². The number of para-hydroxylation sites is 2. The number of benzene rings is 2. The molecule has 0 fully saturated rings. The summed E-state index contributed by atoms with van der Waals surface area (Å²) in [6, 6.07) is 15.1. The molecule has 0 aliphatic heterocycles. The zero-order chi connectivity index (χ0) is 19.2. The fourth-order valence-electron chi connectivity index (χ4n) is 2.73. The van der Waals surface area contributed by atoms with E-state index in [1.807, 2.05) is 42.5 Å². The molecule has 0 unspecified atom stereocenters. The highest BCUT2D eigenvalue weighted by Gasteiger charge is 2.20. The first-order chi connectivity index (χ1) is 12.3. The van der Waals surface area contributed by atoms with Gasteiger partial charge in [-0.3, -0.25) is 9.59 Å². The van der Waals surface area contributed by atoms with Crippen molar-refractivity contribution in [1.29, 1.82) is 0 Å². The highest BCUT2D eigenvalue weighted by atomic mass is 16.5. The van der Waals surface area contributed by atoms with Gasteiger partial charge in [-0.25, -0.2) is 0 Å². The van der Waals surface area contributed by atoms with Gasteiger partial charge in [-0.1, -0.05) is 57.2 Å². The molecule has 5 nitrogen and oxygen atoms in total. The number of carbonyl (C=O) groups excluding carboxylic acids is 2. The first kappa shape index (κ1) is 19.5. The summed E-state index contributed by atoms with van der Waals surface area (Å²) in [5, 5.41) is 5.37. The first-order valence-electron chi connectivity index (χ1n) is 8.63. The van der Waals surface area contributed by atoms with E-state index >= 15 is 0 Å². The topological polar surface area (TPSA) is 67.4 Å². The molecule has 0 radical (unpaired) electrons. The molecule has 2 amide bonds. The second kappa shape index (κ2) is 8.52. The number of anilines is 1. The third-order valence-electron chi connectivity index (χ3n) is 4.06. The monoisotopic (exact) mass is 354 g/mol. The van der Waals surface area contributed by atoms with Gasteiger partial charge in [-0.15, -0.1) is 0 Å². The molecule has 0 bridgehead atoms. The van der Waals surface area contributed by atoms with E-state index in [1.54, 1.807) is 13.2 Å². The van der Waals surface area contributed by atoms with Crippen molar-refractivity contribution >= 4 is 17.5 Å². The maximum absolute atomic E-state index is 12.2. The minimum Gasteiger partial charge on any atom is -0.496 e. The van der Waals surface area contributed by atoms with Crippen LogP contribution < -0.4 is 15.4 Å². The second-order valence-electron chi connectivity index (χ2n) is 7.07. The Morgan fingerprint density at radius 3 is 2.31 bits per heavy atom. The van der Waals surface area contributed by atoms with Gasteiger partial charge in [0.2, 0.25) is 0 Å². The van der Waals surface area contributed by atoms with Gasteiger partial charge in [-0.05, 0) is 35.1 Å². The van der Waals surface area contributed by atoms with Crippen LogP contribution in [0.1, 0.15) is 31.9 Å². The van der Waals surface area contributed by atoms with Crippen LogP contribution >= 0.6 is 0 Å². The standard InChI is InChI=1S/C21H26N2O3/c1-21(2,3)16-10-6-7-11-17(16)23-20(25)19(24)22-14-13-15-9-5-8-12-18(15)26-4/h5-12H,13-14H2,1-4H3,(H,22,24)(H,23,25). The summed E-state index contributed by atoms with van der Waals surface area (Å²) in [6.07, 6.45) is 0.585. The van der Waals surface area contributed by atoms with Gasteiger partial charge in [0, 0.05) is 12.2 Å². The summed E-state index contributed by atoms with van der Waals surface area (Å²) in [4.78, 5) is 24.3. The van der Waals surface area contributed by atoms with Crippen LogP contribution in [-0.2, 0) is 21.4 Å². The lowest BCUT2D eigenvalue weighted by Crippen LogP contribution is -2.37. The van der Waals surface area contributed by atoms with Crippen LogP contribution in [0.5, 0.6) is 5.75 Å². The Balaban J connectivity index is 1.94. The average molecular weight is 354 g/mol. The molecule has 0 saturated heterocycles. The number of hydrogen-bond donors (Lipinski definition) is 2. The summed E-state index contributed by atoms with van der Waals surface area (Å²) in [6.45, 7) is 6.54. The maximum Gasteiger partial charge on any atom is 0.313 e. The number of ether oxygens (including phenoxy) is 1. The molecule has 0 aliphatic rings. The smallest absolute Gasteiger partial charge is 0.313 e. The third kappa shape index (κ3) is 5.09. The second-order valence-corrected chi connectivity index (χ2v) is 7.07. The van der Waals surface area contributed by atoms with E-state index in [-0.39, 0.29) is 5.41 Å². The predicted octanol–water partition coefficient (Wildman–Crippen LogP) is 3.29. The van der Waals surface area contributed by atoms with Crippen LogP contribution in [0.4, 0.5) is 5.69 Å². The number of hydrogen-bond acceptors (Lipinski definition) is 3. The molecular weight excluding hydrogens is 328 g/mol. The number of nitrogens with one attached hydrogen (secondary N) is 2. The Bertz CT molecular complexity index is 779. The molecular formula is C21H26N2O3. The van der Waals surface area contributed by atoms with Crippen molar-refractivity contribution in [2.75, 3.05) is 19.0 Å². The summed E-state index contributed by atoms with van der Waals surface area (Å²) < 4.78 is 5.28. The highest BCUT2D eigenvalue weighted by molar-refractivity contribution is 6.39. The number of rotatable bonds is 5. The van der Waals surface area contributed by atoms with E-state index in [9.17, 15) is 9.59 Å². The Morgan fingerprint density at radius 2 is 1.62 bits per heavy atom. The number of carbonyl (C=O) groups is 2. The minimum absolute atomic E-state index is 0.135. The van der Waals surface area contributed by atoms with E-state index in [4.69, 9.17) is 4.74 Å². The highest BCUT2D eigenvalue weighted by Crippen LogP contribution is 2.29. The van der Waals surface area contributed by atoms with Gasteiger partial charge in [0.15, 0.2) is 0 Å². The molecule has 26 heavy (non-hydrogen) atoms. The Kier molecular flexibility index (Phi) is 6.39. The van der Waals surface area contributed by atoms with Gasteiger partial charge in [-0.2, -0.15) is 0 Å². The van der Waals surface area contributed by atoms with Crippen LogP contribution in [0.2, 0.25) is 0 Å². The largest absolute Gasteiger partial charge is 0.496 e. The van der Waals surface area contributed by atoms with Crippen LogP contribution in [-0.4, -0.2) is 25.5 Å². The molecule has 2 rings (SSSR count). The van der Waals surface area contributed by atoms with Crippen molar-refractivity contribution in [2.24, 2.45) is 0 Å². The lowest BCUT2D eigenvalue weighted by molar-refractivity contribution is -0.136. The molecule has 138 valence electrons. The lowest BCUT2D eigenvalue weighted by atomic mass is 9.86. The van der Waals surface area contributed by atoms with Gasteiger partial charge < -0.3 is 15.4 Å². The summed E-state index contributed by atoms with van der Waals surface area (Å²) in [7, 11) is 1.61. The maximum atomic E-state index is 12.2. The summed E-state index contributed by atoms with van der Waals surface area (Å²) >= 11 is 0. The van der Waals surface area contributed by atoms with Crippen molar-refractivity contribution in [1.82, 2.24) is 5.32 Å². The van der Waals surface area contributed by atoms with Gasteiger partial charge >= 0.3 is 11.8 Å². The van der Waals surface area contributed by atoms with E-state index in [0.717, 1.165) is 16.9 Å². The fourth-order valence-corrected chi connectivity index (χ4v) is 2.73. The molecule has 0 atom stereocenters. The van der Waals surface area contributed by atoms with Crippen molar-refractivity contribution in [3.05, 3.63) is 59.7 Å². The molecule has 2 N–H and O–H groups in total. The van der Waals surface area contributed by atoms with Gasteiger partial charge in [0.25, 0.3) is 0 Å². The van der Waals surface area contributed by atoms with Crippen molar-refractivity contribution in [3.8, 4) is 5.75 Å². The molecule has 0 spiro atoms. The van der Waals surface area contributed by atoms with Crippen molar-refractivity contribution in [2.45, 2.75) is 32.6 Å². The van der Waals surface area contributed by atoms with Crippen LogP contribution in [0.25, 0.3) is 0 Å². The van der Waals surface area contributed by atoms with Crippen LogP contribution in [0.15, 0.2) is 48.5 Å². The lowest BCUT2D eigenvalue weighted by Gasteiger charge is -2.22. The summed E-state index contributed by atoms with van der Waals surface area (Å²) in [5.41, 5.74) is 2.48. The number of methoxy groups -OCH3 is 1.